The molecule has 1 amide bonds. The molecule has 0 aromatic heterocycles. The van der Waals surface area contributed by atoms with Gasteiger partial charge < -0.3 is 10.1 Å². The van der Waals surface area contributed by atoms with E-state index in [1.807, 2.05) is 13.8 Å². The van der Waals surface area contributed by atoms with Crippen molar-refractivity contribution in [1.29, 1.82) is 0 Å². The zero-order valence-electron chi connectivity index (χ0n) is 16.8. The number of aryl methyl sites for hydroxylation is 1. The second kappa shape index (κ2) is 9.56. The highest BCUT2D eigenvalue weighted by molar-refractivity contribution is 7.89. The van der Waals surface area contributed by atoms with Gasteiger partial charge in [0.15, 0.2) is 0 Å². The first-order chi connectivity index (χ1) is 14.2. The highest BCUT2D eigenvalue weighted by atomic mass is 35.5. The van der Waals surface area contributed by atoms with Gasteiger partial charge in [-0.05, 0) is 68.7 Å². The lowest BCUT2D eigenvalue weighted by atomic mass is 9.97. The molecule has 3 rings (SSSR count). The number of sulfonamides is 1. The van der Waals surface area contributed by atoms with Crippen molar-refractivity contribution in [3.63, 3.8) is 0 Å². The van der Waals surface area contributed by atoms with Gasteiger partial charge in [-0.25, -0.2) is 8.42 Å². The Morgan fingerprint density at radius 1 is 1.13 bits per heavy atom. The zero-order valence-corrected chi connectivity index (χ0v) is 19.1. The molecular weight excluding hydrogens is 447 g/mol. The molecule has 6 nitrogen and oxygen atoms in total. The highest BCUT2D eigenvalue weighted by Crippen LogP contribution is 2.29. The van der Waals surface area contributed by atoms with Crippen LogP contribution < -0.4 is 10.1 Å². The minimum absolute atomic E-state index is 0.151. The van der Waals surface area contributed by atoms with Crippen molar-refractivity contribution < 1.29 is 17.9 Å². The molecule has 0 saturated carbocycles. The first kappa shape index (κ1) is 22.9. The lowest BCUT2D eigenvalue weighted by molar-refractivity contribution is -0.120. The van der Waals surface area contributed by atoms with Crippen LogP contribution in [0, 0.1) is 12.8 Å². The maximum absolute atomic E-state index is 13.0. The third-order valence-corrected chi connectivity index (χ3v) is 7.73. The summed E-state index contributed by atoms with van der Waals surface area (Å²) < 4.78 is 32.9. The Bertz CT molecular complexity index is 1040. The van der Waals surface area contributed by atoms with E-state index in [2.05, 4.69) is 5.32 Å². The van der Waals surface area contributed by atoms with Crippen molar-refractivity contribution in [3.8, 4) is 5.75 Å². The molecule has 1 heterocycles. The summed E-state index contributed by atoms with van der Waals surface area (Å²) in [6.07, 6.45) is 0.894. The number of halogens is 2. The maximum Gasteiger partial charge on any atom is 0.243 e. The molecule has 1 aliphatic heterocycles. The topological polar surface area (TPSA) is 75.7 Å². The lowest BCUT2D eigenvalue weighted by Gasteiger charge is -2.30. The van der Waals surface area contributed by atoms with E-state index in [-0.39, 0.29) is 29.8 Å². The van der Waals surface area contributed by atoms with Crippen LogP contribution in [0.15, 0.2) is 41.3 Å². The van der Waals surface area contributed by atoms with Crippen LogP contribution >= 0.6 is 23.2 Å². The van der Waals surface area contributed by atoms with E-state index in [1.165, 1.54) is 4.31 Å². The molecule has 0 aliphatic carbocycles. The van der Waals surface area contributed by atoms with Crippen LogP contribution in [0.1, 0.15) is 25.3 Å². The minimum Gasteiger partial charge on any atom is -0.494 e. The van der Waals surface area contributed by atoms with E-state index in [1.54, 1.807) is 36.4 Å². The molecule has 0 bridgehead atoms. The van der Waals surface area contributed by atoms with Crippen LogP contribution in [0.4, 0.5) is 5.69 Å². The highest BCUT2D eigenvalue weighted by Gasteiger charge is 2.32. The number of hydrogen-bond acceptors (Lipinski definition) is 4. The van der Waals surface area contributed by atoms with Gasteiger partial charge in [-0.15, -0.1) is 0 Å². The summed E-state index contributed by atoms with van der Waals surface area (Å²) in [6.45, 7) is 4.79. The maximum atomic E-state index is 13.0. The average Bonchev–Trinajstić information content (AvgIpc) is 2.72. The molecule has 1 aliphatic rings. The van der Waals surface area contributed by atoms with Crippen LogP contribution in [-0.2, 0) is 14.8 Å². The first-order valence-corrected chi connectivity index (χ1v) is 11.9. The Labute approximate surface area is 187 Å². The fourth-order valence-electron chi connectivity index (χ4n) is 3.43. The number of piperidine rings is 1. The number of nitrogens with one attached hydrogen (secondary N) is 1. The van der Waals surface area contributed by atoms with E-state index < -0.39 is 10.0 Å². The van der Waals surface area contributed by atoms with Gasteiger partial charge in [0.25, 0.3) is 0 Å². The Balaban J connectivity index is 1.63. The fourth-order valence-corrected chi connectivity index (χ4v) is 5.28. The van der Waals surface area contributed by atoms with Crippen molar-refractivity contribution in [2.45, 2.75) is 31.6 Å². The molecule has 30 heavy (non-hydrogen) atoms. The molecule has 2 aromatic carbocycles. The van der Waals surface area contributed by atoms with Gasteiger partial charge in [-0.1, -0.05) is 23.2 Å². The summed E-state index contributed by atoms with van der Waals surface area (Å²) in [5.74, 6) is 0.254. The van der Waals surface area contributed by atoms with Crippen LogP contribution in [0.2, 0.25) is 10.0 Å². The van der Waals surface area contributed by atoms with Crippen LogP contribution in [0.25, 0.3) is 0 Å². The standard InChI is InChI=1S/C21H24Cl2N2O4S/c1-3-29-20-7-5-17(12-14(20)2)30(27,28)25-10-8-15(9-11-25)21(26)24-16-4-6-18(22)19(23)13-16/h4-7,12-13,15H,3,8-11H2,1-2H3,(H,24,26). The Hall–Kier alpha value is -1.80. The molecule has 0 radical (unpaired) electrons. The first-order valence-electron chi connectivity index (χ1n) is 9.72. The van der Waals surface area contributed by atoms with Crippen molar-refractivity contribution in [2.75, 3.05) is 25.0 Å². The Morgan fingerprint density at radius 3 is 2.43 bits per heavy atom. The molecule has 2 aromatic rings. The van der Waals surface area contributed by atoms with Gasteiger partial charge in [0.2, 0.25) is 15.9 Å². The molecule has 0 atom stereocenters. The summed E-state index contributed by atoms with van der Waals surface area (Å²) in [7, 11) is -3.62. The summed E-state index contributed by atoms with van der Waals surface area (Å²) in [5.41, 5.74) is 1.34. The molecule has 1 N–H and O–H groups in total. The summed E-state index contributed by atoms with van der Waals surface area (Å²) >= 11 is 11.9. The number of carbonyl (C=O) groups excluding carboxylic acids is 1. The largest absolute Gasteiger partial charge is 0.494 e. The Kier molecular flexibility index (Phi) is 7.29. The number of anilines is 1. The third-order valence-electron chi connectivity index (χ3n) is 5.10. The fraction of sp³-hybridized carbons (Fsp3) is 0.381. The smallest absolute Gasteiger partial charge is 0.243 e. The number of hydrogen-bond donors (Lipinski definition) is 1. The van der Waals surface area contributed by atoms with Crippen LogP contribution in [0.5, 0.6) is 5.75 Å². The lowest BCUT2D eigenvalue weighted by Crippen LogP contribution is -2.41. The molecule has 9 heteroatoms. The normalized spacial score (nSPS) is 15.7. The van der Waals surface area contributed by atoms with Crippen molar-refractivity contribution >= 4 is 44.8 Å². The van der Waals surface area contributed by atoms with Crippen molar-refractivity contribution in [1.82, 2.24) is 4.31 Å². The zero-order chi connectivity index (χ0) is 21.9. The van der Waals surface area contributed by atoms with Crippen LogP contribution in [0.3, 0.4) is 0 Å². The molecule has 0 unspecified atom stereocenters. The summed E-state index contributed by atoms with van der Waals surface area (Å²) in [4.78, 5) is 12.8. The van der Waals surface area contributed by atoms with Gasteiger partial charge in [0.05, 0.1) is 21.5 Å². The molecule has 1 fully saturated rings. The van der Waals surface area contributed by atoms with E-state index in [4.69, 9.17) is 27.9 Å². The number of rotatable bonds is 6. The predicted molar refractivity (Wildman–Crippen MR) is 119 cm³/mol. The quantitative estimate of drug-likeness (QED) is 0.661. The van der Waals surface area contributed by atoms with Gasteiger partial charge in [0, 0.05) is 24.7 Å². The SMILES string of the molecule is CCOc1ccc(S(=O)(=O)N2CCC(C(=O)Nc3ccc(Cl)c(Cl)c3)CC2)cc1C. The number of nitrogens with zero attached hydrogens (tertiary/aromatic N) is 1. The molecule has 162 valence electrons. The van der Waals surface area contributed by atoms with E-state index in [0.29, 0.717) is 40.9 Å². The van der Waals surface area contributed by atoms with E-state index in [0.717, 1.165) is 5.56 Å². The number of ether oxygens (including phenoxy) is 1. The second-order valence-corrected chi connectivity index (χ2v) is 9.91. The number of benzene rings is 2. The molecule has 0 spiro atoms. The van der Waals surface area contributed by atoms with E-state index >= 15 is 0 Å². The Morgan fingerprint density at radius 2 is 1.83 bits per heavy atom. The average molecular weight is 471 g/mol. The van der Waals surface area contributed by atoms with E-state index in [9.17, 15) is 13.2 Å². The third kappa shape index (κ3) is 5.09. The van der Waals surface area contributed by atoms with Crippen molar-refractivity contribution in [3.05, 3.63) is 52.0 Å². The second-order valence-electron chi connectivity index (χ2n) is 7.16. The molecule has 1 saturated heterocycles. The molecular formula is C21H24Cl2N2O4S. The van der Waals surface area contributed by atoms with Crippen molar-refractivity contribution in [2.24, 2.45) is 5.92 Å². The van der Waals surface area contributed by atoms with Gasteiger partial charge in [0.1, 0.15) is 5.75 Å². The monoisotopic (exact) mass is 470 g/mol. The summed E-state index contributed by atoms with van der Waals surface area (Å²) in [6, 6.07) is 9.77. The van der Waals surface area contributed by atoms with Crippen LogP contribution in [-0.4, -0.2) is 38.3 Å². The minimum atomic E-state index is -3.62. The van der Waals surface area contributed by atoms with Gasteiger partial charge in [-0.2, -0.15) is 4.31 Å². The predicted octanol–water partition coefficient (Wildman–Crippen LogP) is 4.74. The van der Waals surface area contributed by atoms with Gasteiger partial charge >= 0.3 is 0 Å². The number of amides is 1. The summed E-state index contributed by atoms with van der Waals surface area (Å²) in [5, 5.41) is 3.60. The van der Waals surface area contributed by atoms with Gasteiger partial charge in [-0.3, -0.25) is 4.79 Å². The number of carbonyl (C=O) groups is 1.